The number of carbonyl (C=O) groups excluding carboxylic acids is 1. The zero-order chi connectivity index (χ0) is 14.0. The van der Waals surface area contributed by atoms with E-state index in [1.54, 1.807) is 0 Å². The van der Waals surface area contributed by atoms with E-state index < -0.39 is 27.7 Å². The molecule has 0 radical (unpaired) electrons. The SMILES string of the molecule is NC(=O)C1CCCN(S(=O)(=O)c2ccccc2F)C1. The van der Waals surface area contributed by atoms with E-state index >= 15 is 0 Å². The number of hydrogen-bond donors (Lipinski definition) is 1. The standard InChI is InChI=1S/C12H15FN2O3S/c13-10-5-1-2-6-11(10)19(17,18)15-7-3-4-9(8-15)12(14)16/h1-2,5-6,9H,3-4,7-8H2,(H2,14,16). The number of hydrogen-bond acceptors (Lipinski definition) is 3. The summed E-state index contributed by atoms with van der Waals surface area (Å²) < 4.78 is 39.3. The molecule has 104 valence electrons. The Balaban J connectivity index is 2.30. The number of sulfonamides is 1. The summed E-state index contributed by atoms with van der Waals surface area (Å²) in [5.74, 6) is -1.81. The number of benzene rings is 1. The minimum Gasteiger partial charge on any atom is -0.369 e. The van der Waals surface area contributed by atoms with Crippen LogP contribution in [0.15, 0.2) is 29.2 Å². The number of primary amides is 1. The number of nitrogens with zero attached hydrogens (tertiary/aromatic N) is 1. The van der Waals surface area contributed by atoms with Crippen LogP contribution in [-0.4, -0.2) is 31.7 Å². The van der Waals surface area contributed by atoms with E-state index in [9.17, 15) is 17.6 Å². The van der Waals surface area contributed by atoms with Crippen LogP contribution >= 0.6 is 0 Å². The summed E-state index contributed by atoms with van der Waals surface area (Å²) in [6.45, 7) is 0.298. The molecule has 1 unspecified atom stereocenters. The van der Waals surface area contributed by atoms with Crippen LogP contribution in [0.1, 0.15) is 12.8 Å². The lowest BCUT2D eigenvalue weighted by molar-refractivity contribution is -0.122. The molecule has 0 spiro atoms. The smallest absolute Gasteiger partial charge is 0.246 e. The molecule has 1 aromatic carbocycles. The van der Waals surface area contributed by atoms with E-state index in [-0.39, 0.29) is 18.0 Å². The lowest BCUT2D eigenvalue weighted by Gasteiger charge is -2.30. The van der Waals surface area contributed by atoms with Gasteiger partial charge in [0, 0.05) is 13.1 Å². The van der Waals surface area contributed by atoms with Crippen molar-refractivity contribution in [3.8, 4) is 0 Å². The molecule has 1 amide bonds. The lowest BCUT2D eigenvalue weighted by Crippen LogP contribution is -2.44. The van der Waals surface area contributed by atoms with Gasteiger partial charge in [-0.25, -0.2) is 12.8 Å². The highest BCUT2D eigenvalue weighted by molar-refractivity contribution is 7.89. The lowest BCUT2D eigenvalue weighted by atomic mass is 9.99. The van der Waals surface area contributed by atoms with Crippen LogP contribution in [0, 0.1) is 11.7 Å². The molecular formula is C12H15FN2O3S. The van der Waals surface area contributed by atoms with Crippen molar-refractivity contribution in [2.75, 3.05) is 13.1 Å². The van der Waals surface area contributed by atoms with Gasteiger partial charge in [-0.2, -0.15) is 4.31 Å². The van der Waals surface area contributed by atoms with Crippen molar-refractivity contribution in [3.05, 3.63) is 30.1 Å². The van der Waals surface area contributed by atoms with E-state index in [2.05, 4.69) is 0 Å². The first-order chi connectivity index (χ1) is 8.93. The Morgan fingerprint density at radius 3 is 2.68 bits per heavy atom. The monoisotopic (exact) mass is 286 g/mol. The summed E-state index contributed by atoms with van der Waals surface area (Å²) in [6, 6.07) is 5.21. The highest BCUT2D eigenvalue weighted by Gasteiger charge is 2.33. The fourth-order valence-corrected chi connectivity index (χ4v) is 3.77. The van der Waals surface area contributed by atoms with E-state index in [0.29, 0.717) is 12.8 Å². The normalized spacial score (nSPS) is 21.2. The molecule has 1 aromatic rings. The Kier molecular flexibility index (Phi) is 3.86. The van der Waals surface area contributed by atoms with E-state index in [1.165, 1.54) is 18.2 Å². The van der Waals surface area contributed by atoms with Crippen molar-refractivity contribution in [2.24, 2.45) is 11.7 Å². The summed E-state index contributed by atoms with van der Waals surface area (Å²) in [6.07, 6.45) is 1.11. The molecule has 1 fully saturated rings. The fraction of sp³-hybridized carbons (Fsp3) is 0.417. The van der Waals surface area contributed by atoms with Crippen LogP contribution in [0.3, 0.4) is 0 Å². The summed E-state index contributed by atoms with van der Waals surface area (Å²) in [5.41, 5.74) is 5.21. The van der Waals surface area contributed by atoms with Crippen LogP contribution < -0.4 is 5.73 Å². The van der Waals surface area contributed by atoms with E-state index in [0.717, 1.165) is 10.4 Å². The second-order valence-corrected chi connectivity index (χ2v) is 6.44. The molecule has 2 rings (SSSR count). The molecule has 1 atom stereocenters. The van der Waals surface area contributed by atoms with Gasteiger partial charge in [0.05, 0.1) is 5.92 Å². The van der Waals surface area contributed by atoms with Gasteiger partial charge in [-0.3, -0.25) is 4.79 Å². The highest BCUT2D eigenvalue weighted by Crippen LogP contribution is 2.24. The molecule has 0 saturated carbocycles. The third-order valence-corrected chi connectivity index (χ3v) is 5.14. The molecule has 0 aliphatic carbocycles. The first-order valence-corrected chi connectivity index (χ1v) is 7.41. The van der Waals surface area contributed by atoms with Gasteiger partial charge in [0.15, 0.2) is 0 Å². The number of rotatable bonds is 3. The molecule has 19 heavy (non-hydrogen) atoms. The van der Waals surface area contributed by atoms with Gasteiger partial charge in [0.1, 0.15) is 10.7 Å². The van der Waals surface area contributed by atoms with Crippen LogP contribution in [0.4, 0.5) is 4.39 Å². The van der Waals surface area contributed by atoms with Crippen molar-refractivity contribution in [1.29, 1.82) is 0 Å². The van der Waals surface area contributed by atoms with Crippen LogP contribution in [0.25, 0.3) is 0 Å². The van der Waals surface area contributed by atoms with Gasteiger partial charge in [-0.15, -0.1) is 0 Å². The van der Waals surface area contributed by atoms with Gasteiger partial charge in [0.25, 0.3) is 0 Å². The minimum atomic E-state index is -3.91. The zero-order valence-electron chi connectivity index (χ0n) is 10.3. The van der Waals surface area contributed by atoms with Crippen molar-refractivity contribution < 1.29 is 17.6 Å². The summed E-state index contributed by atoms with van der Waals surface area (Å²) in [4.78, 5) is 10.8. The number of nitrogens with two attached hydrogens (primary N) is 1. The molecule has 2 N–H and O–H groups in total. The second kappa shape index (κ2) is 5.26. The Morgan fingerprint density at radius 2 is 2.05 bits per heavy atom. The number of halogens is 1. The zero-order valence-corrected chi connectivity index (χ0v) is 11.1. The number of piperidine rings is 1. The van der Waals surface area contributed by atoms with Gasteiger partial charge < -0.3 is 5.73 Å². The molecule has 1 aliphatic heterocycles. The van der Waals surface area contributed by atoms with Crippen LogP contribution in [0.2, 0.25) is 0 Å². The Hall–Kier alpha value is -1.47. The van der Waals surface area contributed by atoms with Crippen molar-refractivity contribution in [3.63, 3.8) is 0 Å². The first-order valence-electron chi connectivity index (χ1n) is 5.97. The van der Waals surface area contributed by atoms with Crippen molar-refractivity contribution in [2.45, 2.75) is 17.7 Å². The second-order valence-electron chi connectivity index (χ2n) is 4.53. The maximum Gasteiger partial charge on any atom is 0.246 e. The molecule has 5 nitrogen and oxygen atoms in total. The molecule has 1 heterocycles. The molecule has 7 heteroatoms. The minimum absolute atomic E-state index is 0.0198. The molecule has 1 aliphatic rings. The predicted octanol–water partition coefficient (Wildman–Crippen LogP) is 0.712. The summed E-state index contributed by atoms with van der Waals surface area (Å²) >= 11 is 0. The van der Waals surface area contributed by atoms with Gasteiger partial charge in [-0.05, 0) is 25.0 Å². The van der Waals surface area contributed by atoms with Crippen LogP contribution in [0.5, 0.6) is 0 Å². The third kappa shape index (κ3) is 2.76. The van der Waals surface area contributed by atoms with Gasteiger partial charge >= 0.3 is 0 Å². The first kappa shape index (κ1) is 14.0. The van der Waals surface area contributed by atoms with Crippen molar-refractivity contribution in [1.82, 2.24) is 4.31 Å². The van der Waals surface area contributed by atoms with Gasteiger partial charge in [-0.1, -0.05) is 12.1 Å². The number of carbonyl (C=O) groups is 1. The van der Waals surface area contributed by atoms with E-state index in [1.807, 2.05) is 0 Å². The Bertz CT molecular complexity index is 588. The third-order valence-electron chi connectivity index (χ3n) is 3.24. The summed E-state index contributed by atoms with van der Waals surface area (Å²) in [5, 5.41) is 0. The topological polar surface area (TPSA) is 80.5 Å². The molecule has 1 saturated heterocycles. The van der Waals surface area contributed by atoms with Crippen LogP contribution in [-0.2, 0) is 14.8 Å². The highest BCUT2D eigenvalue weighted by atomic mass is 32.2. The average Bonchev–Trinajstić information content (AvgIpc) is 2.39. The fourth-order valence-electron chi connectivity index (χ4n) is 2.19. The molecular weight excluding hydrogens is 271 g/mol. The van der Waals surface area contributed by atoms with Gasteiger partial charge in [0.2, 0.25) is 15.9 Å². The summed E-state index contributed by atoms with van der Waals surface area (Å²) in [7, 11) is -3.91. The van der Waals surface area contributed by atoms with E-state index in [4.69, 9.17) is 5.73 Å². The predicted molar refractivity (Wildman–Crippen MR) is 67.1 cm³/mol. The number of amides is 1. The Labute approximate surface area is 111 Å². The molecule has 0 bridgehead atoms. The largest absolute Gasteiger partial charge is 0.369 e. The van der Waals surface area contributed by atoms with Crippen molar-refractivity contribution >= 4 is 15.9 Å². The Morgan fingerprint density at radius 1 is 1.37 bits per heavy atom. The maximum atomic E-state index is 13.6. The maximum absolute atomic E-state index is 13.6. The average molecular weight is 286 g/mol. The quantitative estimate of drug-likeness (QED) is 0.888. The molecule has 0 aromatic heterocycles.